The molecule has 0 saturated heterocycles. The fourth-order valence-corrected chi connectivity index (χ4v) is 2.38. The van der Waals surface area contributed by atoms with Gasteiger partial charge in [-0.1, -0.05) is 18.2 Å². The minimum atomic E-state index is -0.245. The molecular weight excluding hydrogens is 265 g/mol. The van der Waals surface area contributed by atoms with Crippen LogP contribution >= 0.6 is 0 Å². The Morgan fingerprint density at radius 2 is 2.05 bits per heavy atom. The zero-order chi connectivity index (χ0) is 15.3. The molecule has 1 aromatic heterocycles. The van der Waals surface area contributed by atoms with Gasteiger partial charge in [-0.05, 0) is 50.2 Å². The largest absolute Gasteiger partial charge is 0.329 e. The monoisotopic (exact) mass is 287 g/mol. The van der Waals surface area contributed by atoms with Crippen LogP contribution in [0, 0.1) is 5.82 Å². The molecular formula is C17H22FN3. The van der Waals surface area contributed by atoms with Gasteiger partial charge in [0.2, 0.25) is 0 Å². The molecule has 1 heterocycles. The van der Waals surface area contributed by atoms with Gasteiger partial charge >= 0.3 is 0 Å². The van der Waals surface area contributed by atoms with Crippen molar-refractivity contribution in [2.45, 2.75) is 25.4 Å². The van der Waals surface area contributed by atoms with E-state index in [1.165, 1.54) is 6.07 Å². The molecule has 1 atom stereocenters. The molecule has 0 bridgehead atoms. The first-order valence-corrected chi connectivity index (χ1v) is 7.09. The van der Waals surface area contributed by atoms with Crippen LogP contribution in [0.3, 0.4) is 0 Å². The summed E-state index contributed by atoms with van der Waals surface area (Å²) in [7, 11) is 2.03. The molecule has 4 heteroatoms. The molecule has 0 aliphatic heterocycles. The first-order valence-electron chi connectivity index (χ1n) is 7.09. The number of halogens is 1. The lowest BCUT2D eigenvalue weighted by atomic mass is 9.91. The van der Waals surface area contributed by atoms with E-state index in [1.807, 2.05) is 31.3 Å². The number of benzene rings is 1. The number of pyridine rings is 1. The smallest absolute Gasteiger partial charge is 0.123 e. The van der Waals surface area contributed by atoms with Crippen molar-refractivity contribution in [1.29, 1.82) is 0 Å². The summed E-state index contributed by atoms with van der Waals surface area (Å²) in [4.78, 5) is 6.53. The van der Waals surface area contributed by atoms with Crippen LogP contribution in [0.5, 0.6) is 0 Å². The second kappa shape index (κ2) is 6.78. The van der Waals surface area contributed by atoms with E-state index in [0.717, 1.165) is 11.3 Å². The van der Waals surface area contributed by atoms with E-state index in [1.54, 1.807) is 18.3 Å². The van der Waals surface area contributed by atoms with Crippen LogP contribution in [0.2, 0.25) is 0 Å². The van der Waals surface area contributed by atoms with Gasteiger partial charge in [0.1, 0.15) is 5.82 Å². The van der Waals surface area contributed by atoms with E-state index in [4.69, 9.17) is 5.73 Å². The lowest BCUT2D eigenvalue weighted by molar-refractivity contribution is 0.134. The normalized spacial score (nSPS) is 14.1. The Balaban J connectivity index is 2.12. The number of rotatable bonds is 6. The van der Waals surface area contributed by atoms with Gasteiger partial charge in [-0.3, -0.25) is 9.88 Å². The van der Waals surface area contributed by atoms with Crippen molar-refractivity contribution in [3.8, 4) is 0 Å². The molecule has 2 aromatic rings. The Bertz CT molecular complexity index is 573. The minimum absolute atomic E-state index is 0.209. The number of nitrogens with zero attached hydrogens (tertiary/aromatic N) is 2. The van der Waals surface area contributed by atoms with E-state index in [2.05, 4.69) is 16.8 Å². The predicted molar refractivity (Wildman–Crippen MR) is 83.3 cm³/mol. The molecule has 112 valence electrons. The second-order valence-electron chi connectivity index (χ2n) is 5.68. The third kappa shape index (κ3) is 4.09. The molecule has 0 aliphatic rings. The average molecular weight is 287 g/mol. The molecule has 0 radical (unpaired) electrons. The van der Waals surface area contributed by atoms with Gasteiger partial charge < -0.3 is 5.73 Å². The van der Waals surface area contributed by atoms with Crippen LogP contribution in [0.4, 0.5) is 4.39 Å². The third-order valence-electron chi connectivity index (χ3n) is 3.96. The summed E-state index contributed by atoms with van der Waals surface area (Å²) in [5.74, 6) is -0.209. The van der Waals surface area contributed by atoms with Crippen molar-refractivity contribution in [2.24, 2.45) is 5.73 Å². The highest BCUT2D eigenvalue weighted by atomic mass is 19.1. The zero-order valence-corrected chi connectivity index (χ0v) is 12.6. The van der Waals surface area contributed by atoms with Crippen molar-refractivity contribution in [2.75, 3.05) is 13.6 Å². The Morgan fingerprint density at radius 3 is 2.67 bits per heavy atom. The van der Waals surface area contributed by atoms with E-state index in [0.29, 0.717) is 19.5 Å². The average Bonchev–Trinajstić information content (AvgIpc) is 2.48. The zero-order valence-electron chi connectivity index (χ0n) is 12.6. The van der Waals surface area contributed by atoms with Crippen LogP contribution in [0.25, 0.3) is 0 Å². The van der Waals surface area contributed by atoms with Crippen LogP contribution in [-0.4, -0.2) is 29.0 Å². The van der Waals surface area contributed by atoms with Crippen molar-refractivity contribution < 1.29 is 4.39 Å². The first kappa shape index (κ1) is 15.6. The molecule has 0 amide bonds. The molecule has 3 nitrogen and oxygen atoms in total. The van der Waals surface area contributed by atoms with Crippen molar-refractivity contribution in [3.05, 3.63) is 65.7 Å². The maximum atomic E-state index is 13.3. The third-order valence-corrected chi connectivity index (χ3v) is 3.96. The van der Waals surface area contributed by atoms with Crippen molar-refractivity contribution in [3.63, 3.8) is 0 Å². The Hall–Kier alpha value is -1.78. The summed E-state index contributed by atoms with van der Waals surface area (Å²) >= 11 is 0. The lowest BCUT2D eigenvalue weighted by Crippen LogP contribution is -2.51. The standard InChI is InChI=1S/C17H22FN3/c1-17(13-19,11-14-6-5-7-15(18)10-14)21(2)12-16-8-3-4-9-20-16/h3-10H,11-13,19H2,1-2H3. The number of hydrogen-bond donors (Lipinski definition) is 1. The highest BCUT2D eigenvalue weighted by molar-refractivity contribution is 5.19. The number of nitrogens with two attached hydrogens (primary N) is 1. The van der Waals surface area contributed by atoms with Gasteiger partial charge in [0.05, 0.1) is 5.69 Å². The summed E-state index contributed by atoms with van der Waals surface area (Å²) < 4.78 is 13.3. The van der Waals surface area contributed by atoms with Crippen LogP contribution < -0.4 is 5.73 Å². The Labute approximate surface area is 125 Å². The van der Waals surface area contributed by atoms with Gasteiger partial charge in [-0.2, -0.15) is 0 Å². The minimum Gasteiger partial charge on any atom is -0.329 e. The molecule has 1 unspecified atom stereocenters. The fraction of sp³-hybridized carbons (Fsp3) is 0.353. The highest BCUT2D eigenvalue weighted by Gasteiger charge is 2.28. The summed E-state index contributed by atoms with van der Waals surface area (Å²) in [5.41, 5.74) is 7.70. The SMILES string of the molecule is CN(Cc1ccccn1)C(C)(CN)Cc1cccc(F)c1. The molecule has 1 aromatic carbocycles. The number of hydrogen-bond acceptors (Lipinski definition) is 3. The highest BCUT2D eigenvalue weighted by Crippen LogP contribution is 2.21. The quantitative estimate of drug-likeness (QED) is 0.888. The van der Waals surface area contributed by atoms with Gasteiger partial charge in [-0.15, -0.1) is 0 Å². The van der Waals surface area contributed by atoms with E-state index in [9.17, 15) is 4.39 Å². The molecule has 0 saturated carbocycles. The van der Waals surface area contributed by atoms with Crippen LogP contribution in [-0.2, 0) is 13.0 Å². The fourth-order valence-electron chi connectivity index (χ4n) is 2.38. The summed E-state index contributed by atoms with van der Waals surface area (Å²) in [5, 5.41) is 0. The molecule has 0 fully saturated rings. The number of likely N-dealkylation sites (N-methyl/N-ethyl adjacent to an activating group) is 1. The van der Waals surface area contributed by atoms with Crippen LogP contribution in [0.15, 0.2) is 48.7 Å². The molecule has 0 aliphatic carbocycles. The first-order chi connectivity index (χ1) is 10.0. The Morgan fingerprint density at radius 1 is 1.24 bits per heavy atom. The molecule has 2 rings (SSSR count). The van der Waals surface area contributed by atoms with Crippen molar-refractivity contribution >= 4 is 0 Å². The van der Waals surface area contributed by atoms with E-state index < -0.39 is 0 Å². The van der Waals surface area contributed by atoms with Gasteiger partial charge in [-0.25, -0.2) is 4.39 Å². The topological polar surface area (TPSA) is 42.2 Å². The summed E-state index contributed by atoms with van der Waals surface area (Å²) in [6, 6.07) is 12.6. The van der Waals surface area contributed by atoms with E-state index in [-0.39, 0.29) is 11.4 Å². The predicted octanol–water partition coefficient (Wildman–Crippen LogP) is 2.61. The van der Waals surface area contributed by atoms with Gasteiger partial charge in [0.15, 0.2) is 0 Å². The van der Waals surface area contributed by atoms with Crippen LogP contribution in [0.1, 0.15) is 18.2 Å². The lowest BCUT2D eigenvalue weighted by Gasteiger charge is -2.38. The van der Waals surface area contributed by atoms with Gasteiger partial charge in [0, 0.05) is 24.8 Å². The maximum absolute atomic E-state index is 13.3. The summed E-state index contributed by atoms with van der Waals surface area (Å²) in [6.07, 6.45) is 2.49. The van der Waals surface area contributed by atoms with Crippen molar-refractivity contribution in [1.82, 2.24) is 9.88 Å². The molecule has 2 N–H and O–H groups in total. The number of aromatic nitrogens is 1. The summed E-state index contributed by atoms with van der Waals surface area (Å²) in [6.45, 7) is 3.30. The Kier molecular flexibility index (Phi) is 5.04. The molecule has 21 heavy (non-hydrogen) atoms. The van der Waals surface area contributed by atoms with Gasteiger partial charge in [0.25, 0.3) is 0 Å². The molecule has 0 spiro atoms. The maximum Gasteiger partial charge on any atom is 0.123 e. The second-order valence-corrected chi connectivity index (χ2v) is 5.68. The van der Waals surface area contributed by atoms with E-state index >= 15 is 0 Å².